The van der Waals surface area contributed by atoms with E-state index in [2.05, 4.69) is 4.72 Å². The van der Waals surface area contributed by atoms with E-state index in [0.717, 1.165) is 0 Å². The topological polar surface area (TPSA) is 75.6 Å². The van der Waals surface area contributed by atoms with E-state index in [-0.39, 0.29) is 17.2 Å². The van der Waals surface area contributed by atoms with Crippen LogP contribution in [-0.2, 0) is 14.8 Å². The molecule has 0 heterocycles. The SMILES string of the molecule is CCOCCNS(=O)(=O)c1cccc(O)c1. The van der Waals surface area contributed by atoms with E-state index >= 15 is 0 Å². The summed E-state index contributed by atoms with van der Waals surface area (Å²) in [7, 11) is -3.55. The highest BCUT2D eigenvalue weighted by Crippen LogP contribution is 2.15. The van der Waals surface area contributed by atoms with Crippen molar-refractivity contribution in [3.63, 3.8) is 0 Å². The maximum absolute atomic E-state index is 11.7. The Morgan fingerprint density at radius 3 is 2.81 bits per heavy atom. The summed E-state index contributed by atoms with van der Waals surface area (Å²) in [5, 5.41) is 9.17. The van der Waals surface area contributed by atoms with E-state index in [0.29, 0.717) is 13.2 Å². The van der Waals surface area contributed by atoms with Gasteiger partial charge in [0, 0.05) is 13.2 Å². The van der Waals surface area contributed by atoms with Crippen molar-refractivity contribution < 1.29 is 18.3 Å². The first-order chi connectivity index (χ1) is 7.56. The molecule has 0 radical (unpaired) electrons. The van der Waals surface area contributed by atoms with Gasteiger partial charge in [0.15, 0.2) is 0 Å². The molecule has 0 amide bonds. The Labute approximate surface area is 95.1 Å². The van der Waals surface area contributed by atoms with Crippen LogP contribution in [0, 0.1) is 0 Å². The van der Waals surface area contributed by atoms with Crippen LogP contribution < -0.4 is 4.72 Å². The fraction of sp³-hybridized carbons (Fsp3) is 0.400. The lowest BCUT2D eigenvalue weighted by Gasteiger charge is -2.06. The molecule has 0 unspecified atom stereocenters. The summed E-state index contributed by atoms with van der Waals surface area (Å²) < 4.78 is 30.7. The third kappa shape index (κ3) is 3.80. The van der Waals surface area contributed by atoms with Gasteiger partial charge in [-0.1, -0.05) is 6.07 Å². The number of phenolic OH excluding ortho intramolecular Hbond substituents is 1. The summed E-state index contributed by atoms with van der Waals surface area (Å²) in [5.74, 6) is -0.0762. The number of phenols is 1. The minimum atomic E-state index is -3.55. The minimum Gasteiger partial charge on any atom is -0.508 e. The summed E-state index contributed by atoms with van der Waals surface area (Å²) in [5.41, 5.74) is 0. The third-order valence-electron chi connectivity index (χ3n) is 1.87. The third-order valence-corrected chi connectivity index (χ3v) is 3.33. The second kappa shape index (κ2) is 5.83. The second-order valence-electron chi connectivity index (χ2n) is 3.09. The van der Waals surface area contributed by atoms with Crippen molar-refractivity contribution in [3.8, 4) is 5.75 Å². The molecule has 1 rings (SSSR count). The van der Waals surface area contributed by atoms with Gasteiger partial charge in [0.2, 0.25) is 10.0 Å². The normalized spacial score (nSPS) is 11.6. The second-order valence-corrected chi connectivity index (χ2v) is 4.86. The Balaban J connectivity index is 2.64. The summed E-state index contributed by atoms with van der Waals surface area (Å²) in [4.78, 5) is 0.0454. The van der Waals surface area contributed by atoms with E-state index in [1.54, 1.807) is 0 Å². The first-order valence-electron chi connectivity index (χ1n) is 4.92. The predicted molar refractivity (Wildman–Crippen MR) is 59.8 cm³/mol. The molecule has 0 atom stereocenters. The van der Waals surface area contributed by atoms with Gasteiger partial charge in [-0.05, 0) is 25.1 Å². The van der Waals surface area contributed by atoms with Crippen LogP contribution in [0.4, 0.5) is 0 Å². The summed E-state index contributed by atoms with van der Waals surface area (Å²) in [6.45, 7) is 2.93. The molecule has 16 heavy (non-hydrogen) atoms. The van der Waals surface area contributed by atoms with Crippen molar-refractivity contribution >= 4 is 10.0 Å². The average Bonchev–Trinajstić information content (AvgIpc) is 2.24. The molecule has 2 N–H and O–H groups in total. The number of nitrogens with one attached hydrogen (secondary N) is 1. The monoisotopic (exact) mass is 245 g/mol. The lowest BCUT2D eigenvalue weighted by molar-refractivity contribution is 0.153. The number of aromatic hydroxyl groups is 1. The van der Waals surface area contributed by atoms with Gasteiger partial charge in [0.25, 0.3) is 0 Å². The van der Waals surface area contributed by atoms with Gasteiger partial charge in [-0.25, -0.2) is 13.1 Å². The summed E-state index contributed by atoms with van der Waals surface area (Å²) >= 11 is 0. The number of sulfonamides is 1. The van der Waals surface area contributed by atoms with Crippen molar-refractivity contribution in [1.82, 2.24) is 4.72 Å². The molecule has 0 aromatic heterocycles. The van der Waals surface area contributed by atoms with E-state index in [9.17, 15) is 8.42 Å². The Kier molecular flexibility index (Phi) is 4.72. The summed E-state index contributed by atoms with van der Waals surface area (Å²) in [6.07, 6.45) is 0. The molecule has 0 aliphatic heterocycles. The van der Waals surface area contributed by atoms with Gasteiger partial charge >= 0.3 is 0 Å². The van der Waals surface area contributed by atoms with Crippen LogP contribution >= 0.6 is 0 Å². The Hall–Kier alpha value is -1.11. The van der Waals surface area contributed by atoms with Crippen molar-refractivity contribution in [1.29, 1.82) is 0 Å². The molecule has 90 valence electrons. The van der Waals surface area contributed by atoms with Crippen molar-refractivity contribution in [2.45, 2.75) is 11.8 Å². The van der Waals surface area contributed by atoms with Gasteiger partial charge in [-0.15, -0.1) is 0 Å². The van der Waals surface area contributed by atoms with E-state index < -0.39 is 10.0 Å². The molecule has 0 aliphatic carbocycles. The van der Waals surface area contributed by atoms with E-state index in [1.807, 2.05) is 6.92 Å². The quantitative estimate of drug-likeness (QED) is 0.724. The number of hydrogen-bond donors (Lipinski definition) is 2. The van der Waals surface area contributed by atoms with Gasteiger partial charge in [0.1, 0.15) is 5.75 Å². The number of rotatable bonds is 6. The lowest BCUT2D eigenvalue weighted by atomic mass is 10.3. The molecule has 0 aliphatic rings. The minimum absolute atomic E-state index is 0.0454. The van der Waals surface area contributed by atoms with Crippen LogP contribution in [0.15, 0.2) is 29.2 Å². The lowest BCUT2D eigenvalue weighted by Crippen LogP contribution is -2.27. The van der Waals surface area contributed by atoms with E-state index in [1.165, 1.54) is 24.3 Å². The molecule has 5 nitrogen and oxygen atoms in total. The predicted octanol–water partition coefficient (Wildman–Crippen LogP) is 0.707. The van der Waals surface area contributed by atoms with Crippen molar-refractivity contribution in [2.24, 2.45) is 0 Å². The highest BCUT2D eigenvalue weighted by molar-refractivity contribution is 7.89. The van der Waals surface area contributed by atoms with Gasteiger partial charge in [-0.2, -0.15) is 0 Å². The molecule has 0 fully saturated rings. The van der Waals surface area contributed by atoms with E-state index in [4.69, 9.17) is 9.84 Å². The largest absolute Gasteiger partial charge is 0.508 e. The molecule has 0 spiro atoms. The Morgan fingerprint density at radius 2 is 2.19 bits per heavy atom. The molecule has 6 heteroatoms. The zero-order valence-electron chi connectivity index (χ0n) is 9.01. The maximum Gasteiger partial charge on any atom is 0.240 e. The van der Waals surface area contributed by atoms with Crippen LogP contribution in [0.5, 0.6) is 5.75 Å². The molecular formula is C10H15NO4S. The maximum atomic E-state index is 11.7. The number of ether oxygens (including phenoxy) is 1. The van der Waals surface area contributed by atoms with Gasteiger partial charge < -0.3 is 9.84 Å². The molecule has 0 saturated heterocycles. The van der Waals surface area contributed by atoms with Crippen molar-refractivity contribution in [2.75, 3.05) is 19.8 Å². The Morgan fingerprint density at radius 1 is 1.44 bits per heavy atom. The van der Waals surface area contributed by atoms with Crippen molar-refractivity contribution in [3.05, 3.63) is 24.3 Å². The fourth-order valence-electron chi connectivity index (χ4n) is 1.13. The Bertz CT molecular complexity index is 430. The first-order valence-corrected chi connectivity index (χ1v) is 6.41. The number of hydrogen-bond acceptors (Lipinski definition) is 4. The smallest absolute Gasteiger partial charge is 0.240 e. The van der Waals surface area contributed by atoms with Gasteiger partial charge in [-0.3, -0.25) is 0 Å². The van der Waals surface area contributed by atoms with Crippen LogP contribution in [0.1, 0.15) is 6.92 Å². The number of benzene rings is 1. The fourth-order valence-corrected chi connectivity index (χ4v) is 2.18. The molecule has 0 bridgehead atoms. The highest BCUT2D eigenvalue weighted by Gasteiger charge is 2.13. The summed E-state index contributed by atoms with van der Waals surface area (Å²) in [6, 6.07) is 5.51. The molecular weight excluding hydrogens is 230 g/mol. The standard InChI is InChI=1S/C10H15NO4S/c1-2-15-7-6-11-16(13,14)10-5-3-4-9(12)8-10/h3-5,8,11-12H,2,6-7H2,1H3. The zero-order valence-corrected chi connectivity index (χ0v) is 9.83. The molecule has 1 aromatic carbocycles. The van der Waals surface area contributed by atoms with Gasteiger partial charge in [0.05, 0.1) is 11.5 Å². The average molecular weight is 245 g/mol. The highest BCUT2D eigenvalue weighted by atomic mass is 32.2. The van der Waals surface area contributed by atoms with Crippen LogP contribution in [0.25, 0.3) is 0 Å². The van der Waals surface area contributed by atoms with Crippen LogP contribution in [0.2, 0.25) is 0 Å². The first kappa shape index (κ1) is 13.0. The van der Waals surface area contributed by atoms with Crippen LogP contribution in [-0.4, -0.2) is 33.3 Å². The molecule has 0 saturated carbocycles. The molecule has 1 aromatic rings. The van der Waals surface area contributed by atoms with Crippen LogP contribution in [0.3, 0.4) is 0 Å². The zero-order chi connectivity index (χ0) is 12.0.